The Morgan fingerprint density at radius 3 is 2.89 bits per heavy atom. The Morgan fingerprint density at radius 1 is 1.42 bits per heavy atom. The van der Waals surface area contributed by atoms with Crippen molar-refractivity contribution in [2.24, 2.45) is 0 Å². The van der Waals surface area contributed by atoms with Gasteiger partial charge in [-0.25, -0.2) is 4.98 Å². The Kier molecular flexibility index (Phi) is 4.56. The van der Waals surface area contributed by atoms with E-state index in [1.807, 2.05) is 25.1 Å². The first-order chi connectivity index (χ1) is 9.10. The van der Waals surface area contributed by atoms with Gasteiger partial charge in [0.1, 0.15) is 4.60 Å². The molecule has 0 bridgehead atoms. The minimum Gasteiger partial charge on any atom is -0.321 e. The summed E-state index contributed by atoms with van der Waals surface area (Å²) in [4.78, 5) is 16.2. The van der Waals surface area contributed by atoms with Crippen LogP contribution in [0.3, 0.4) is 0 Å². The lowest BCUT2D eigenvalue weighted by molar-refractivity contribution is 0.102. The fourth-order valence-electron chi connectivity index (χ4n) is 1.63. The maximum Gasteiger partial charge on any atom is 0.255 e. The smallest absolute Gasteiger partial charge is 0.255 e. The zero-order chi connectivity index (χ0) is 13.8. The van der Waals surface area contributed by atoms with E-state index in [0.717, 1.165) is 15.7 Å². The van der Waals surface area contributed by atoms with E-state index < -0.39 is 0 Å². The van der Waals surface area contributed by atoms with Crippen molar-refractivity contribution in [2.75, 3.05) is 5.32 Å². The van der Waals surface area contributed by atoms with Gasteiger partial charge in [0.15, 0.2) is 0 Å². The van der Waals surface area contributed by atoms with Crippen LogP contribution in [0, 0.1) is 6.92 Å². The quantitative estimate of drug-likeness (QED) is 0.674. The van der Waals surface area contributed by atoms with Crippen LogP contribution in [0.4, 0.5) is 5.69 Å². The first-order valence-corrected chi connectivity index (χ1v) is 7.01. The summed E-state index contributed by atoms with van der Waals surface area (Å²) >= 11 is 9.08. The standard InChI is InChI=1S/C14H12BrClN2O/c1-9-5-12(8-17-13(9)15)18-14(19)11-4-2-3-10(6-11)7-16/h2-6,8H,7H2,1H3,(H,18,19). The maximum absolute atomic E-state index is 12.1. The molecule has 0 atom stereocenters. The molecule has 0 saturated carbocycles. The van der Waals surface area contributed by atoms with Crippen LogP contribution >= 0.6 is 27.5 Å². The van der Waals surface area contributed by atoms with Gasteiger partial charge in [0.25, 0.3) is 5.91 Å². The van der Waals surface area contributed by atoms with Crippen molar-refractivity contribution < 1.29 is 4.79 Å². The van der Waals surface area contributed by atoms with E-state index in [1.54, 1.807) is 18.3 Å². The number of nitrogens with zero attached hydrogens (tertiary/aromatic N) is 1. The molecule has 3 nitrogen and oxygen atoms in total. The van der Waals surface area contributed by atoms with Crippen molar-refractivity contribution in [1.29, 1.82) is 0 Å². The molecule has 0 aliphatic heterocycles. The molecule has 19 heavy (non-hydrogen) atoms. The second-order valence-corrected chi connectivity index (χ2v) is 5.14. The Labute approximate surface area is 125 Å². The summed E-state index contributed by atoms with van der Waals surface area (Å²) in [6.45, 7) is 1.92. The highest BCUT2D eigenvalue weighted by Gasteiger charge is 2.07. The van der Waals surface area contributed by atoms with Crippen LogP contribution in [0.1, 0.15) is 21.5 Å². The Hall–Kier alpha value is -1.39. The molecule has 1 heterocycles. The number of hydrogen-bond donors (Lipinski definition) is 1. The lowest BCUT2D eigenvalue weighted by Crippen LogP contribution is -2.12. The third-order valence-corrected chi connectivity index (χ3v) is 3.75. The third-order valence-electron chi connectivity index (χ3n) is 2.62. The summed E-state index contributed by atoms with van der Waals surface area (Å²) in [5.41, 5.74) is 3.13. The number of aromatic nitrogens is 1. The van der Waals surface area contributed by atoms with Gasteiger partial charge < -0.3 is 5.32 Å². The van der Waals surface area contributed by atoms with Crippen LogP contribution in [0.15, 0.2) is 41.1 Å². The van der Waals surface area contributed by atoms with Crippen LogP contribution in [-0.2, 0) is 5.88 Å². The summed E-state index contributed by atoms with van der Waals surface area (Å²) in [5.74, 6) is 0.218. The molecule has 0 radical (unpaired) electrons. The topological polar surface area (TPSA) is 42.0 Å². The number of rotatable bonds is 3. The molecule has 0 fully saturated rings. The molecule has 0 aliphatic rings. The number of benzene rings is 1. The van der Waals surface area contributed by atoms with Gasteiger partial charge in [-0.05, 0) is 52.2 Å². The third kappa shape index (κ3) is 3.55. The van der Waals surface area contributed by atoms with Gasteiger partial charge in [0.05, 0.1) is 11.9 Å². The van der Waals surface area contributed by atoms with Gasteiger partial charge in [0.2, 0.25) is 0 Å². The number of anilines is 1. The summed E-state index contributed by atoms with van der Waals surface area (Å²) in [5, 5.41) is 2.81. The van der Waals surface area contributed by atoms with E-state index >= 15 is 0 Å². The Morgan fingerprint density at radius 2 is 2.21 bits per heavy atom. The number of carbonyl (C=O) groups excluding carboxylic acids is 1. The van der Waals surface area contributed by atoms with Gasteiger partial charge in [-0.15, -0.1) is 11.6 Å². The molecule has 2 rings (SSSR count). The molecule has 2 aromatic rings. The first kappa shape index (κ1) is 14.0. The fourth-order valence-corrected chi connectivity index (χ4v) is 2.01. The highest BCUT2D eigenvalue weighted by Crippen LogP contribution is 2.17. The van der Waals surface area contributed by atoms with Crippen LogP contribution < -0.4 is 5.32 Å². The SMILES string of the molecule is Cc1cc(NC(=O)c2cccc(CCl)c2)cnc1Br. The number of amides is 1. The van der Waals surface area contributed by atoms with Crippen molar-refractivity contribution in [1.82, 2.24) is 4.98 Å². The number of carbonyl (C=O) groups is 1. The van der Waals surface area contributed by atoms with Gasteiger partial charge in [0, 0.05) is 11.4 Å². The number of pyridine rings is 1. The van der Waals surface area contributed by atoms with Crippen molar-refractivity contribution in [2.45, 2.75) is 12.8 Å². The van der Waals surface area contributed by atoms with Gasteiger partial charge in [-0.1, -0.05) is 12.1 Å². The number of hydrogen-bond acceptors (Lipinski definition) is 2. The van der Waals surface area contributed by atoms with Crippen molar-refractivity contribution in [3.63, 3.8) is 0 Å². The van der Waals surface area contributed by atoms with Gasteiger partial charge in [-0.2, -0.15) is 0 Å². The zero-order valence-electron chi connectivity index (χ0n) is 10.3. The van der Waals surface area contributed by atoms with E-state index in [2.05, 4.69) is 26.2 Å². The molecule has 1 amide bonds. The molecule has 1 aromatic heterocycles. The summed E-state index contributed by atoms with van der Waals surface area (Å²) < 4.78 is 0.773. The predicted octanol–water partition coefficient (Wildman–Crippen LogP) is 4.14. The average molecular weight is 340 g/mol. The van der Waals surface area contributed by atoms with Crippen LogP contribution in [-0.4, -0.2) is 10.9 Å². The highest BCUT2D eigenvalue weighted by molar-refractivity contribution is 9.10. The minimum absolute atomic E-state index is 0.171. The molecule has 0 unspecified atom stereocenters. The van der Waals surface area contributed by atoms with E-state index in [1.165, 1.54) is 0 Å². The van der Waals surface area contributed by atoms with Crippen molar-refractivity contribution >= 4 is 39.1 Å². The van der Waals surface area contributed by atoms with Crippen LogP contribution in [0.25, 0.3) is 0 Å². The van der Waals surface area contributed by atoms with E-state index in [9.17, 15) is 4.79 Å². The lowest BCUT2D eigenvalue weighted by atomic mass is 10.1. The van der Waals surface area contributed by atoms with Crippen LogP contribution in [0.2, 0.25) is 0 Å². The summed E-state index contributed by atoms with van der Waals surface area (Å²) in [6.07, 6.45) is 1.61. The minimum atomic E-state index is -0.171. The second-order valence-electron chi connectivity index (χ2n) is 4.12. The molecule has 1 N–H and O–H groups in total. The summed E-state index contributed by atoms with van der Waals surface area (Å²) in [6, 6.07) is 9.10. The molecule has 0 spiro atoms. The average Bonchev–Trinajstić information content (AvgIpc) is 2.43. The molecule has 1 aromatic carbocycles. The van der Waals surface area contributed by atoms with Crippen molar-refractivity contribution in [3.05, 3.63) is 57.8 Å². The van der Waals surface area contributed by atoms with Crippen LogP contribution in [0.5, 0.6) is 0 Å². The second kappa shape index (κ2) is 6.17. The maximum atomic E-state index is 12.1. The molecule has 0 saturated heterocycles. The number of nitrogens with one attached hydrogen (secondary N) is 1. The van der Waals surface area contributed by atoms with Crippen molar-refractivity contribution in [3.8, 4) is 0 Å². The lowest BCUT2D eigenvalue weighted by Gasteiger charge is -2.07. The highest BCUT2D eigenvalue weighted by atomic mass is 79.9. The van der Waals surface area contributed by atoms with E-state index in [-0.39, 0.29) is 5.91 Å². The number of aryl methyl sites for hydroxylation is 1. The largest absolute Gasteiger partial charge is 0.321 e. The normalized spacial score (nSPS) is 10.3. The number of alkyl halides is 1. The van der Waals surface area contributed by atoms with E-state index in [4.69, 9.17) is 11.6 Å². The summed E-state index contributed by atoms with van der Waals surface area (Å²) in [7, 11) is 0. The van der Waals surface area contributed by atoms with E-state index in [0.29, 0.717) is 17.1 Å². The van der Waals surface area contributed by atoms with Gasteiger partial charge in [-0.3, -0.25) is 4.79 Å². The monoisotopic (exact) mass is 338 g/mol. The number of halogens is 2. The first-order valence-electron chi connectivity index (χ1n) is 5.68. The molecule has 0 aliphatic carbocycles. The Balaban J connectivity index is 2.18. The molecular weight excluding hydrogens is 328 g/mol. The molecule has 98 valence electrons. The predicted molar refractivity (Wildman–Crippen MR) is 80.6 cm³/mol. The zero-order valence-corrected chi connectivity index (χ0v) is 12.6. The van der Waals surface area contributed by atoms with Gasteiger partial charge >= 0.3 is 0 Å². The molecular formula is C14H12BrClN2O. The fraction of sp³-hybridized carbons (Fsp3) is 0.143. The molecule has 5 heteroatoms. The Bertz CT molecular complexity index is 616.